The van der Waals surface area contributed by atoms with Crippen LogP contribution in [0.2, 0.25) is 0 Å². The summed E-state index contributed by atoms with van der Waals surface area (Å²) in [6, 6.07) is 1.38. The highest BCUT2D eigenvalue weighted by Gasteiger charge is 2.16. The summed E-state index contributed by atoms with van der Waals surface area (Å²) in [6.07, 6.45) is 3.34. The fourth-order valence-corrected chi connectivity index (χ4v) is 1.15. The van der Waals surface area contributed by atoms with E-state index in [1.165, 1.54) is 0 Å². The Morgan fingerprint density at radius 2 is 2.13 bits per heavy atom. The number of nitrogens with zero attached hydrogens (tertiary/aromatic N) is 1. The lowest BCUT2D eigenvalue weighted by molar-refractivity contribution is -0.118. The smallest absolute Gasteiger partial charge is 0.241 e. The summed E-state index contributed by atoms with van der Waals surface area (Å²) < 4.78 is 0. The summed E-state index contributed by atoms with van der Waals surface area (Å²) in [4.78, 5) is 15.6. The van der Waals surface area contributed by atoms with Crippen molar-refractivity contribution in [3.05, 3.63) is 24.0 Å². The molecule has 4 nitrogen and oxygen atoms in total. The Morgan fingerprint density at radius 3 is 2.67 bits per heavy atom. The van der Waals surface area contributed by atoms with E-state index in [0.717, 1.165) is 5.56 Å². The van der Waals surface area contributed by atoms with Crippen LogP contribution in [-0.4, -0.2) is 16.9 Å². The number of hydrogen-bond acceptors (Lipinski definition) is 3. The van der Waals surface area contributed by atoms with Crippen LogP contribution in [0.5, 0.6) is 0 Å². The number of pyridine rings is 1. The predicted octanol–water partition coefficient (Wildman–Crippen LogP) is 1.31. The lowest BCUT2D eigenvalue weighted by Gasteiger charge is -2.15. The summed E-state index contributed by atoms with van der Waals surface area (Å²) in [7, 11) is 0. The Balaban J connectivity index is 2.66. The number of aromatic nitrogens is 1. The van der Waals surface area contributed by atoms with Gasteiger partial charge in [-0.3, -0.25) is 9.78 Å². The molecule has 0 saturated heterocycles. The average Bonchev–Trinajstić information content (AvgIpc) is 2.16. The average molecular weight is 207 g/mol. The van der Waals surface area contributed by atoms with Crippen molar-refractivity contribution in [2.45, 2.75) is 26.8 Å². The molecule has 0 spiro atoms. The molecule has 3 N–H and O–H groups in total. The van der Waals surface area contributed by atoms with Crippen LogP contribution in [0, 0.1) is 12.8 Å². The van der Waals surface area contributed by atoms with Crippen molar-refractivity contribution in [3.63, 3.8) is 0 Å². The zero-order chi connectivity index (χ0) is 11.4. The summed E-state index contributed by atoms with van der Waals surface area (Å²) in [5, 5.41) is 2.74. The molecule has 0 aliphatic rings. The van der Waals surface area contributed by atoms with Crippen molar-refractivity contribution in [3.8, 4) is 0 Å². The quantitative estimate of drug-likeness (QED) is 0.785. The van der Waals surface area contributed by atoms with Gasteiger partial charge in [0.15, 0.2) is 0 Å². The van der Waals surface area contributed by atoms with Gasteiger partial charge in [-0.2, -0.15) is 0 Å². The number of hydrogen-bond donors (Lipinski definition) is 2. The van der Waals surface area contributed by atoms with Crippen LogP contribution >= 0.6 is 0 Å². The van der Waals surface area contributed by atoms with Gasteiger partial charge >= 0.3 is 0 Å². The molecule has 1 rings (SSSR count). The lowest BCUT2D eigenvalue weighted by atomic mass is 10.1. The number of rotatable bonds is 3. The minimum absolute atomic E-state index is 0.128. The molecule has 0 fully saturated rings. The second kappa shape index (κ2) is 4.89. The molecule has 1 aromatic rings. The Labute approximate surface area is 89.9 Å². The Kier molecular flexibility index (Phi) is 3.80. The van der Waals surface area contributed by atoms with Gasteiger partial charge < -0.3 is 11.1 Å². The highest BCUT2D eigenvalue weighted by molar-refractivity contribution is 5.94. The second-order valence-electron chi connectivity index (χ2n) is 4.01. The highest BCUT2D eigenvalue weighted by Crippen LogP contribution is 2.08. The topological polar surface area (TPSA) is 68.0 Å². The predicted molar refractivity (Wildman–Crippen MR) is 60.4 cm³/mol. The van der Waals surface area contributed by atoms with Crippen molar-refractivity contribution in [1.82, 2.24) is 4.98 Å². The molecule has 1 aromatic heterocycles. The largest absolute Gasteiger partial charge is 0.323 e. The minimum atomic E-state index is -0.481. The van der Waals surface area contributed by atoms with Crippen molar-refractivity contribution >= 4 is 11.6 Å². The third kappa shape index (κ3) is 3.32. The second-order valence-corrected chi connectivity index (χ2v) is 4.01. The van der Waals surface area contributed by atoms with Gasteiger partial charge in [0.1, 0.15) is 0 Å². The van der Waals surface area contributed by atoms with Gasteiger partial charge in [0.05, 0.1) is 17.9 Å². The summed E-state index contributed by atoms with van der Waals surface area (Å²) in [6.45, 7) is 5.75. The summed E-state index contributed by atoms with van der Waals surface area (Å²) in [5.74, 6) is -0.0415. The van der Waals surface area contributed by atoms with E-state index < -0.39 is 6.04 Å². The zero-order valence-corrected chi connectivity index (χ0v) is 9.32. The summed E-state index contributed by atoms with van der Waals surface area (Å²) in [5.41, 5.74) is 7.41. The molecule has 0 bridgehead atoms. The van der Waals surface area contributed by atoms with E-state index in [4.69, 9.17) is 5.73 Å². The van der Waals surface area contributed by atoms with Crippen LogP contribution in [0.1, 0.15) is 19.4 Å². The third-order valence-corrected chi connectivity index (χ3v) is 2.16. The normalized spacial score (nSPS) is 12.6. The highest BCUT2D eigenvalue weighted by atomic mass is 16.2. The van der Waals surface area contributed by atoms with E-state index in [1.807, 2.05) is 26.8 Å². The Bertz CT molecular complexity index is 349. The number of nitrogens with two attached hydrogens (primary N) is 1. The molecule has 0 aliphatic carbocycles. The Morgan fingerprint density at radius 1 is 1.47 bits per heavy atom. The number of carbonyl (C=O) groups excluding carboxylic acids is 1. The van der Waals surface area contributed by atoms with Gasteiger partial charge in [0.25, 0.3) is 0 Å². The fraction of sp³-hybridized carbons (Fsp3) is 0.455. The van der Waals surface area contributed by atoms with Crippen molar-refractivity contribution in [2.24, 2.45) is 11.7 Å². The van der Waals surface area contributed by atoms with Gasteiger partial charge in [-0.15, -0.1) is 0 Å². The van der Waals surface area contributed by atoms with Crippen molar-refractivity contribution in [1.29, 1.82) is 0 Å². The first kappa shape index (κ1) is 11.7. The van der Waals surface area contributed by atoms with Gasteiger partial charge in [-0.1, -0.05) is 13.8 Å². The molecular weight excluding hydrogens is 190 g/mol. The SMILES string of the molecule is Cc1cncc(NC(=O)C(N)C(C)C)c1. The van der Waals surface area contributed by atoms with E-state index in [0.29, 0.717) is 5.69 Å². The van der Waals surface area contributed by atoms with E-state index in [2.05, 4.69) is 10.3 Å². The molecule has 1 unspecified atom stereocenters. The van der Waals surface area contributed by atoms with Gasteiger partial charge in [-0.05, 0) is 24.5 Å². The van der Waals surface area contributed by atoms with Crippen LogP contribution in [0.25, 0.3) is 0 Å². The van der Waals surface area contributed by atoms with Crippen molar-refractivity contribution < 1.29 is 4.79 Å². The van der Waals surface area contributed by atoms with Gasteiger partial charge in [-0.25, -0.2) is 0 Å². The molecule has 0 radical (unpaired) electrons. The molecule has 0 aromatic carbocycles. The number of carbonyl (C=O) groups is 1. The molecule has 0 aliphatic heterocycles. The fourth-order valence-electron chi connectivity index (χ4n) is 1.15. The van der Waals surface area contributed by atoms with E-state index in [-0.39, 0.29) is 11.8 Å². The van der Waals surface area contributed by atoms with Crippen LogP contribution < -0.4 is 11.1 Å². The van der Waals surface area contributed by atoms with Gasteiger partial charge in [0, 0.05) is 6.20 Å². The van der Waals surface area contributed by atoms with Crippen LogP contribution in [0.3, 0.4) is 0 Å². The number of anilines is 1. The maximum Gasteiger partial charge on any atom is 0.241 e. The molecule has 4 heteroatoms. The van der Waals surface area contributed by atoms with Crippen LogP contribution in [0.4, 0.5) is 5.69 Å². The first-order chi connectivity index (χ1) is 7.00. The first-order valence-corrected chi connectivity index (χ1v) is 4.99. The monoisotopic (exact) mass is 207 g/mol. The zero-order valence-electron chi connectivity index (χ0n) is 9.32. The van der Waals surface area contributed by atoms with E-state index >= 15 is 0 Å². The number of aryl methyl sites for hydroxylation is 1. The molecule has 0 saturated carbocycles. The maximum atomic E-state index is 11.6. The Hall–Kier alpha value is -1.42. The standard InChI is InChI=1S/C11H17N3O/c1-7(2)10(12)11(15)14-9-4-8(3)5-13-6-9/h4-7,10H,12H2,1-3H3,(H,14,15). The van der Waals surface area contributed by atoms with E-state index in [9.17, 15) is 4.79 Å². The van der Waals surface area contributed by atoms with Crippen molar-refractivity contribution in [2.75, 3.05) is 5.32 Å². The molecular formula is C11H17N3O. The maximum absolute atomic E-state index is 11.6. The summed E-state index contributed by atoms with van der Waals surface area (Å²) >= 11 is 0. The molecule has 1 atom stereocenters. The van der Waals surface area contributed by atoms with Crippen LogP contribution in [0.15, 0.2) is 18.5 Å². The third-order valence-electron chi connectivity index (χ3n) is 2.16. The van der Waals surface area contributed by atoms with E-state index in [1.54, 1.807) is 12.4 Å². The first-order valence-electron chi connectivity index (χ1n) is 4.99. The molecule has 1 amide bonds. The lowest BCUT2D eigenvalue weighted by Crippen LogP contribution is -2.39. The molecule has 15 heavy (non-hydrogen) atoms. The molecule has 82 valence electrons. The number of nitrogens with one attached hydrogen (secondary N) is 1. The van der Waals surface area contributed by atoms with Gasteiger partial charge in [0.2, 0.25) is 5.91 Å². The number of amides is 1. The molecule has 1 heterocycles. The minimum Gasteiger partial charge on any atom is -0.323 e. The van der Waals surface area contributed by atoms with Crippen LogP contribution in [-0.2, 0) is 4.79 Å².